The van der Waals surface area contributed by atoms with Crippen molar-refractivity contribution >= 4 is 57.0 Å². The van der Waals surface area contributed by atoms with Gasteiger partial charge in [0.15, 0.2) is 5.13 Å². The molecule has 2 heterocycles. The van der Waals surface area contributed by atoms with Crippen LogP contribution in [0.1, 0.15) is 44.7 Å². The zero-order valence-electron chi connectivity index (χ0n) is 20.6. The Morgan fingerprint density at radius 1 is 1.15 bits per heavy atom. The maximum atomic E-state index is 10.7. The monoisotopic (exact) mass is 501 g/mol. The van der Waals surface area contributed by atoms with Crippen molar-refractivity contribution < 1.29 is 4.79 Å². The van der Waals surface area contributed by atoms with Crippen LogP contribution in [0.5, 0.6) is 0 Å². The number of nitrogens with zero attached hydrogens (tertiary/aromatic N) is 4. The number of rotatable bonds is 7. The Balaban J connectivity index is 0.000000215. The third kappa shape index (κ3) is 7.54. The van der Waals surface area contributed by atoms with Crippen LogP contribution in [0.3, 0.4) is 0 Å². The van der Waals surface area contributed by atoms with Gasteiger partial charge in [0, 0.05) is 33.0 Å². The number of anilines is 3. The van der Waals surface area contributed by atoms with Gasteiger partial charge in [-0.25, -0.2) is 9.97 Å². The summed E-state index contributed by atoms with van der Waals surface area (Å²) in [5, 5.41) is 7.86. The SMILES string of the molecule is CN(C)c1nc(NCC2CCCCC2)nc2ccccc12.CNSc1sc(NC(C)=O)nc1C. The number of carbonyl (C=O) groups is 1. The number of para-hydroxylation sites is 1. The van der Waals surface area contributed by atoms with Crippen molar-refractivity contribution in [2.24, 2.45) is 5.92 Å². The van der Waals surface area contributed by atoms with E-state index in [2.05, 4.69) is 47.3 Å². The quantitative estimate of drug-likeness (QED) is 0.374. The summed E-state index contributed by atoms with van der Waals surface area (Å²) in [6.07, 6.45) is 6.80. The van der Waals surface area contributed by atoms with Gasteiger partial charge in [-0.2, -0.15) is 4.98 Å². The highest BCUT2D eigenvalue weighted by Crippen LogP contribution is 2.30. The van der Waals surface area contributed by atoms with Crippen LogP contribution < -0.4 is 20.3 Å². The first kappa shape index (κ1) is 26.2. The van der Waals surface area contributed by atoms with Gasteiger partial charge in [-0.3, -0.25) is 9.52 Å². The first-order chi connectivity index (χ1) is 16.4. The van der Waals surface area contributed by atoms with Gasteiger partial charge in [-0.05, 0) is 56.8 Å². The number of benzene rings is 1. The highest BCUT2D eigenvalue weighted by molar-refractivity contribution is 7.99. The zero-order chi connectivity index (χ0) is 24.5. The molecule has 0 radical (unpaired) electrons. The number of thiazole rings is 1. The minimum absolute atomic E-state index is 0.0882. The Morgan fingerprint density at radius 2 is 1.88 bits per heavy atom. The molecule has 8 nitrogen and oxygen atoms in total. The molecular weight excluding hydrogens is 466 g/mol. The molecule has 0 aliphatic heterocycles. The van der Waals surface area contributed by atoms with Gasteiger partial charge in [0.25, 0.3) is 0 Å². The largest absolute Gasteiger partial charge is 0.362 e. The number of hydrogen-bond acceptors (Lipinski definition) is 9. The molecule has 184 valence electrons. The Hall–Kier alpha value is -2.43. The molecule has 0 saturated heterocycles. The van der Waals surface area contributed by atoms with E-state index in [-0.39, 0.29) is 5.91 Å². The summed E-state index contributed by atoms with van der Waals surface area (Å²) >= 11 is 2.97. The third-order valence-corrected chi connectivity index (χ3v) is 7.56. The molecule has 0 spiro atoms. The number of aromatic nitrogens is 3. The summed E-state index contributed by atoms with van der Waals surface area (Å²) in [5.41, 5.74) is 1.94. The van der Waals surface area contributed by atoms with Crippen molar-refractivity contribution in [3.05, 3.63) is 30.0 Å². The molecule has 1 amide bonds. The van der Waals surface area contributed by atoms with Crippen LogP contribution in [-0.2, 0) is 4.79 Å². The average molecular weight is 502 g/mol. The van der Waals surface area contributed by atoms with Gasteiger partial charge in [0.1, 0.15) is 5.82 Å². The lowest BCUT2D eigenvalue weighted by Gasteiger charge is -2.22. The fourth-order valence-corrected chi connectivity index (χ4v) is 5.66. The first-order valence-corrected chi connectivity index (χ1v) is 13.3. The lowest BCUT2D eigenvalue weighted by atomic mass is 9.89. The molecule has 0 unspecified atom stereocenters. The molecule has 0 atom stereocenters. The van der Waals surface area contributed by atoms with E-state index in [0.29, 0.717) is 5.13 Å². The van der Waals surface area contributed by atoms with Crippen molar-refractivity contribution in [2.45, 2.75) is 50.2 Å². The summed E-state index contributed by atoms with van der Waals surface area (Å²) < 4.78 is 4.04. The second-order valence-electron chi connectivity index (χ2n) is 8.55. The summed E-state index contributed by atoms with van der Waals surface area (Å²) in [4.78, 5) is 26.3. The summed E-state index contributed by atoms with van der Waals surface area (Å²) in [7, 11) is 5.90. The predicted octanol–water partition coefficient (Wildman–Crippen LogP) is 5.32. The average Bonchev–Trinajstić information content (AvgIpc) is 3.16. The second kappa shape index (κ2) is 12.9. The van der Waals surface area contributed by atoms with Crippen molar-refractivity contribution in [1.29, 1.82) is 0 Å². The van der Waals surface area contributed by atoms with Gasteiger partial charge in [0.05, 0.1) is 15.4 Å². The van der Waals surface area contributed by atoms with E-state index in [1.807, 2.05) is 40.2 Å². The maximum Gasteiger partial charge on any atom is 0.225 e. The molecule has 34 heavy (non-hydrogen) atoms. The number of aryl methyl sites for hydroxylation is 1. The van der Waals surface area contributed by atoms with Crippen LogP contribution in [0, 0.1) is 12.8 Å². The molecule has 1 fully saturated rings. The standard InChI is InChI=1S/C17H24N4.C7H11N3OS2/c1-21(2)16-14-10-6-7-11-15(14)19-17(20-16)18-12-13-8-4-3-5-9-13;1-4-6(13-8-3)12-7(9-4)10-5(2)11/h6-7,10-11,13H,3-5,8-9,12H2,1-2H3,(H,18,19,20);8H,1-3H3,(H,9,10,11). The van der Waals surface area contributed by atoms with E-state index in [9.17, 15) is 4.79 Å². The topological polar surface area (TPSA) is 95.1 Å². The van der Waals surface area contributed by atoms with Crippen molar-refractivity contribution in [2.75, 3.05) is 43.2 Å². The van der Waals surface area contributed by atoms with Gasteiger partial charge in [0.2, 0.25) is 11.9 Å². The van der Waals surface area contributed by atoms with Crippen LogP contribution >= 0.6 is 23.3 Å². The molecule has 1 aliphatic rings. The van der Waals surface area contributed by atoms with Crippen molar-refractivity contribution in [1.82, 2.24) is 19.7 Å². The van der Waals surface area contributed by atoms with Crippen molar-refractivity contribution in [3.63, 3.8) is 0 Å². The lowest BCUT2D eigenvalue weighted by molar-refractivity contribution is -0.114. The van der Waals surface area contributed by atoms with E-state index in [1.165, 1.54) is 62.3 Å². The number of fused-ring (bicyclic) bond motifs is 1. The summed E-state index contributed by atoms with van der Waals surface area (Å²) in [5.74, 6) is 2.42. The molecule has 10 heteroatoms. The Kier molecular flexibility index (Phi) is 9.91. The van der Waals surface area contributed by atoms with Crippen LogP contribution in [0.4, 0.5) is 16.9 Å². The highest BCUT2D eigenvalue weighted by atomic mass is 32.2. The van der Waals surface area contributed by atoms with E-state index in [4.69, 9.17) is 0 Å². The summed E-state index contributed by atoms with van der Waals surface area (Å²) in [6.45, 7) is 4.38. The second-order valence-corrected chi connectivity index (χ2v) is 10.8. The Labute approximate surface area is 210 Å². The van der Waals surface area contributed by atoms with Gasteiger partial charge >= 0.3 is 0 Å². The molecule has 2 aromatic heterocycles. The lowest BCUT2D eigenvalue weighted by Crippen LogP contribution is -2.19. The molecule has 1 aliphatic carbocycles. The molecule has 0 bridgehead atoms. The fourth-order valence-electron chi connectivity index (χ4n) is 3.88. The van der Waals surface area contributed by atoms with Crippen molar-refractivity contribution in [3.8, 4) is 0 Å². The molecule has 3 N–H and O–H groups in total. The van der Waals surface area contributed by atoms with Crippen LogP contribution in [0.25, 0.3) is 10.9 Å². The predicted molar refractivity (Wildman–Crippen MR) is 145 cm³/mol. The molecular formula is C24H35N7OS2. The van der Waals surface area contributed by atoms with Gasteiger partial charge < -0.3 is 15.5 Å². The molecule has 1 saturated carbocycles. The smallest absolute Gasteiger partial charge is 0.225 e. The first-order valence-electron chi connectivity index (χ1n) is 11.6. The number of hydrogen-bond donors (Lipinski definition) is 3. The van der Waals surface area contributed by atoms with Crippen LogP contribution in [-0.4, -0.2) is 48.5 Å². The van der Waals surface area contributed by atoms with Gasteiger partial charge in [-0.1, -0.05) is 42.7 Å². The highest BCUT2D eigenvalue weighted by Gasteiger charge is 2.15. The van der Waals surface area contributed by atoms with E-state index >= 15 is 0 Å². The fraction of sp³-hybridized carbons (Fsp3) is 0.500. The Bertz CT molecular complexity index is 1080. The summed E-state index contributed by atoms with van der Waals surface area (Å²) in [6, 6.07) is 8.19. The Morgan fingerprint density at radius 3 is 2.56 bits per heavy atom. The van der Waals surface area contributed by atoms with Crippen LogP contribution in [0.2, 0.25) is 0 Å². The number of carbonyl (C=O) groups excluding carboxylic acids is 1. The van der Waals surface area contributed by atoms with Crippen LogP contribution in [0.15, 0.2) is 28.5 Å². The van der Waals surface area contributed by atoms with E-state index in [0.717, 1.165) is 45.0 Å². The minimum atomic E-state index is -0.0882. The maximum absolute atomic E-state index is 10.7. The zero-order valence-corrected chi connectivity index (χ0v) is 22.3. The van der Waals surface area contributed by atoms with Gasteiger partial charge in [-0.15, -0.1) is 0 Å². The van der Waals surface area contributed by atoms with E-state index in [1.54, 1.807) is 0 Å². The molecule has 1 aromatic carbocycles. The minimum Gasteiger partial charge on any atom is -0.362 e. The number of nitrogens with one attached hydrogen (secondary N) is 3. The number of amides is 1. The molecule has 4 rings (SSSR count). The van der Waals surface area contributed by atoms with E-state index < -0.39 is 0 Å². The third-order valence-electron chi connectivity index (χ3n) is 5.51. The normalized spacial score (nSPS) is 13.8. The molecule has 3 aromatic rings.